The Bertz CT molecular complexity index is 1790. The van der Waals surface area contributed by atoms with Crippen LogP contribution in [0.3, 0.4) is 0 Å². The summed E-state index contributed by atoms with van der Waals surface area (Å²) in [5, 5.41) is 23.2. The number of hydrogen-bond acceptors (Lipinski definition) is 6. The van der Waals surface area contributed by atoms with Crippen LogP contribution in [0.4, 0.5) is 5.69 Å². The molecule has 0 aliphatic carbocycles. The van der Waals surface area contributed by atoms with Crippen LogP contribution in [-0.2, 0) is 4.79 Å². The van der Waals surface area contributed by atoms with Crippen LogP contribution >= 0.6 is 11.8 Å². The van der Waals surface area contributed by atoms with Gasteiger partial charge in [-0.15, -0.1) is 0 Å². The largest absolute Gasteiger partial charge is 0.478 e. The van der Waals surface area contributed by atoms with Crippen molar-refractivity contribution in [1.29, 1.82) is 5.26 Å². The summed E-state index contributed by atoms with van der Waals surface area (Å²) in [5.41, 5.74) is 6.83. The molecule has 0 saturated heterocycles. The molecule has 0 bridgehead atoms. The van der Waals surface area contributed by atoms with Crippen molar-refractivity contribution >= 4 is 40.2 Å². The molecule has 3 aromatic carbocycles. The van der Waals surface area contributed by atoms with Crippen LogP contribution in [0.15, 0.2) is 90.0 Å². The normalized spacial score (nSPS) is 10.7. The Hall–Kier alpha value is -5.00. The highest BCUT2D eigenvalue weighted by molar-refractivity contribution is 8.00. The second kappa shape index (κ2) is 11.4. The Morgan fingerprint density at radius 3 is 2.33 bits per heavy atom. The number of nitriles is 1. The second-order valence-electron chi connectivity index (χ2n) is 9.28. The lowest BCUT2D eigenvalue weighted by Gasteiger charge is -2.11. The van der Waals surface area contributed by atoms with Crippen LogP contribution in [0.25, 0.3) is 33.4 Å². The molecule has 0 aliphatic rings. The molecule has 5 aromatic rings. The van der Waals surface area contributed by atoms with Crippen molar-refractivity contribution < 1.29 is 14.7 Å². The summed E-state index contributed by atoms with van der Waals surface area (Å²) in [4.78, 5) is 33.9. The number of nitrogens with zero attached hydrogens (tertiary/aromatic N) is 3. The lowest BCUT2D eigenvalue weighted by Crippen LogP contribution is -2.14. The highest BCUT2D eigenvalue weighted by atomic mass is 32.2. The maximum Gasteiger partial charge on any atom is 0.336 e. The zero-order valence-electron chi connectivity index (χ0n) is 21.8. The van der Waals surface area contributed by atoms with Crippen molar-refractivity contribution in [2.45, 2.75) is 18.9 Å². The number of hydrogen-bond donors (Lipinski definition) is 2. The molecule has 0 radical (unpaired) electrons. The van der Waals surface area contributed by atoms with Gasteiger partial charge in [-0.25, -0.2) is 14.8 Å². The van der Waals surface area contributed by atoms with Gasteiger partial charge in [0.25, 0.3) is 0 Å². The third kappa shape index (κ3) is 5.70. The summed E-state index contributed by atoms with van der Waals surface area (Å²) in [6.45, 7) is 3.94. The molecule has 2 heterocycles. The van der Waals surface area contributed by atoms with Gasteiger partial charge in [0.05, 0.1) is 33.8 Å². The van der Waals surface area contributed by atoms with E-state index < -0.39 is 5.97 Å². The average molecular weight is 545 g/mol. The fourth-order valence-electron chi connectivity index (χ4n) is 4.35. The number of carbonyl (C=O) groups is 2. The zero-order chi connectivity index (χ0) is 28.2. The minimum atomic E-state index is -1.02. The van der Waals surface area contributed by atoms with Crippen LogP contribution in [0.2, 0.25) is 0 Å². The Morgan fingerprint density at radius 1 is 0.925 bits per heavy atom. The van der Waals surface area contributed by atoms with E-state index in [0.717, 1.165) is 27.9 Å². The monoisotopic (exact) mass is 544 g/mol. The van der Waals surface area contributed by atoms with Crippen molar-refractivity contribution in [1.82, 2.24) is 9.97 Å². The third-order valence-corrected chi connectivity index (χ3v) is 7.37. The molecule has 8 heteroatoms. The summed E-state index contributed by atoms with van der Waals surface area (Å²) in [6, 6.07) is 27.7. The van der Waals surface area contributed by atoms with Crippen LogP contribution in [-0.4, -0.2) is 32.7 Å². The number of benzene rings is 3. The maximum atomic E-state index is 12.7. The van der Waals surface area contributed by atoms with E-state index in [1.165, 1.54) is 11.8 Å². The SMILES string of the molecule is Cc1ccc(-c2nc(SCC(=O)Nc3ccc(-c4cc(C(=O)O)c5ccccc5n4)cc3)c(C#N)cc2C)cc1. The molecule has 0 atom stereocenters. The number of carbonyl (C=O) groups excluding carboxylic acids is 1. The van der Waals surface area contributed by atoms with E-state index in [9.17, 15) is 20.0 Å². The van der Waals surface area contributed by atoms with Gasteiger partial charge in [-0.1, -0.05) is 71.9 Å². The molecule has 0 aliphatic heterocycles. The Labute approximate surface area is 235 Å². The van der Waals surface area contributed by atoms with Gasteiger partial charge in [0, 0.05) is 22.2 Å². The summed E-state index contributed by atoms with van der Waals surface area (Å²) < 4.78 is 0. The number of carboxylic acids is 1. The van der Waals surface area contributed by atoms with Crippen molar-refractivity contribution in [3.05, 3.63) is 107 Å². The lowest BCUT2D eigenvalue weighted by molar-refractivity contribution is -0.113. The topological polar surface area (TPSA) is 116 Å². The van der Waals surface area contributed by atoms with Gasteiger partial charge >= 0.3 is 5.97 Å². The summed E-state index contributed by atoms with van der Waals surface area (Å²) in [7, 11) is 0. The lowest BCUT2D eigenvalue weighted by atomic mass is 10.0. The molecule has 2 N–H and O–H groups in total. The molecular weight excluding hydrogens is 520 g/mol. The fourth-order valence-corrected chi connectivity index (χ4v) is 5.10. The van der Waals surface area contributed by atoms with Crippen molar-refractivity contribution in [3.63, 3.8) is 0 Å². The number of carboxylic acid groups (broad SMARTS) is 1. The Kier molecular flexibility index (Phi) is 7.58. The van der Waals surface area contributed by atoms with E-state index in [-0.39, 0.29) is 17.2 Å². The van der Waals surface area contributed by atoms with E-state index in [1.54, 1.807) is 54.6 Å². The summed E-state index contributed by atoms with van der Waals surface area (Å²) in [6.07, 6.45) is 0. The molecule has 1 amide bonds. The third-order valence-electron chi connectivity index (χ3n) is 6.37. The van der Waals surface area contributed by atoms with E-state index in [0.29, 0.717) is 32.9 Å². The van der Waals surface area contributed by atoms with Crippen molar-refractivity contribution in [3.8, 4) is 28.6 Å². The first-order valence-corrected chi connectivity index (χ1v) is 13.5. The van der Waals surface area contributed by atoms with Crippen LogP contribution in [0.5, 0.6) is 0 Å². The first-order chi connectivity index (χ1) is 19.3. The Balaban J connectivity index is 1.30. The highest BCUT2D eigenvalue weighted by Gasteiger charge is 2.15. The van der Waals surface area contributed by atoms with Gasteiger partial charge in [0.1, 0.15) is 11.1 Å². The number of aromatic carboxylic acids is 1. The standard InChI is InChI=1S/C32H24N4O3S/c1-19-7-9-22(10-8-19)30-20(2)15-23(17-33)31(36-30)40-18-29(37)34-24-13-11-21(12-14-24)28-16-26(32(38)39)25-5-3-4-6-27(25)35-28/h3-16H,18H2,1-2H3,(H,34,37)(H,38,39). The first kappa shape index (κ1) is 26.6. The predicted octanol–water partition coefficient (Wildman–Crippen LogP) is 6.88. The number of thioether (sulfide) groups is 1. The second-order valence-corrected chi connectivity index (χ2v) is 10.2. The number of para-hydroxylation sites is 1. The number of rotatable bonds is 7. The number of aryl methyl sites for hydroxylation is 2. The van der Waals surface area contributed by atoms with Gasteiger partial charge in [0.15, 0.2) is 0 Å². The Morgan fingerprint density at radius 2 is 1.62 bits per heavy atom. The molecule has 2 aromatic heterocycles. The number of amides is 1. The zero-order valence-corrected chi connectivity index (χ0v) is 22.6. The average Bonchev–Trinajstić information content (AvgIpc) is 2.96. The number of anilines is 1. The molecule has 5 rings (SSSR count). The van der Waals surface area contributed by atoms with E-state index in [2.05, 4.69) is 16.4 Å². The highest BCUT2D eigenvalue weighted by Crippen LogP contribution is 2.29. The van der Waals surface area contributed by atoms with E-state index >= 15 is 0 Å². The first-order valence-electron chi connectivity index (χ1n) is 12.5. The van der Waals surface area contributed by atoms with E-state index in [4.69, 9.17) is 4.98 Å². The minimum Gasteiger partial charge on any atom is -0.478 e. The number of aromatic nitrogens is 2. The quantitative estimate of drug-likeness (QED) is 0.215. The smallest absolute Gasteiger partial charge is 0.336 e. The molecule has 0 saturated carbocycles. The number of nitrogens with one attached hydrogen (secondary N) is 1. The fraction of sp³-hybridized carbons (Fsp3) is 0.0938. The number of pyridine rings is 2. The summed E-state index contributed by atoms with van der Waals surface area (Å²) >= 11 is 1.21. The molecule has 196 valence electrons. The number of fused-ring (bicyclic) bond motifs is 1. The maximum absolute atomic E-state index is 12.7. The summed E-state index contributed by atoms with van der Waals surface area (Å²) in [5.74, 6) is -1.18. The van der Waals surface area contributed by atoms with Crippen LogP contribution in [0, 0.1) is 25.2 Å². The van der Waals surface area contributed by atoms with Gasteiger partial charge in [0.2, 0.25) is 5.91 Å². The van der Waals surface area contributed by atoms with Crippen LogP contribution in [0.1, 0.15) is 27.0 Å². The minimum absolute atomic E-state index is 0.0774. The van der Waals surface area contributed by atoms with Crippen LogP contribution < -0.4 is 5.32 Å². The van der Waals surface area contributed by atoms with Gasteiger partial charge in [-0.2, -0.15) is 5.26 Å². The van der Waals surface area contributed by atoms with Gasteiger partial charge in [-0.3, -0.25) is 4.79 Å². The van der Waals surface area contributed by atoms with Crippen molar-refractivity contribution in [2.24, 2.45) is 0 Å². The molecule has 0 spiro atoms. The molecule has 40 heavy (non-hydrogen) atoms. The van der Waals surface area contributed by atoms with Crippen molar-refractivity contribution in [2.75, 3.05) is 11.1 Å². The predicted molar refractivity (Wildman–Crippen MR) is 157 cm³/mol. The van der Waals surface area contributed by atoms with Gasteiger partial charge < -0.3 is 10.4 Å². The van der Waals surface area contributed by atoms with E-state index in [1.807, 2.05) is 44.2 Å². The molecular formula is C32H24N4O3S. The molecule has 0 fully saturated rings. The molecule has 0 unspecified atom stereocenters. The van der Waals surface area contributed by atoms with Gasteiger partial charge in [-0.05, 0) is 49.7 Å². The molecule has 7 nitrogen and oxygen atoms in total.